The van der Waals surface area contributed by atoms with Crippen molar-refractivity contribution in [3.63, 3.8) is 0 Å². The Balaban J connectivity index is 1.58. The summed E-state index contributed by atoms with van der Waals surface area (Å²) in [4.78, 5) is 24.8. The van der Waals surface area contributed by atoms with Crippen molar-refractivity contribution in [2.45, 2.75) is 45.9 Å². The van der Waals surface area contributed by atoms with Gasteiger partial charge in [0.05, 0.1) is 24.1 Å². The fourth-order valence-electron chi connectivity index (χ4n) is 3.46. The number of rotatable bonds is 7. The lowest BCUT2D eigenvalue weighted by Crippen LogP contribution is -2.35. The van der Waals surface area contributed by atoms with Gasteiger partial charge in [-0.3, -0.25) is 14.3 Å². The lowest BCUT2D eigenvalue weighted by atomic mass is 9.94. The number of carbonyl (C=O) groups excluding carboxylic acids is 2. The minimum absolute atomic E-state index is 0.0806. The summed E-state index contributed by atoms with van der Waals surface area (Å²) in [5.41, 5.74) is 3.26. The third kappa shape index (κ3) is 4.78. The topological polar surface area (TPSA) is 85.2 Å². The van der Waals surface area contributed by atoms with E-state index in [1.165, 1.54) is 0 Å². The molecular formula is C21H28N4O3. The third-order valence-corrected chi connectivity index (χ3v) is 4.92. The summed E-state index contributed by atoms with van der Waals surface area (Å²) in [7, 11) is 1.65. The number of benzene rings is 1. The molecule has 1 aliphatic rings. The van der Waals surface area contributed by atoms with Crippen molar-refractivity contribution in [1.82, 2.24) is 20.4 Å². The van der Waals surface area contributed by atoms with E-state index in [2.05, 4.69) is 15.7 Å². The summed E-state index contributed by atoms with van der Waals surface area (Å²) in [6, 6.07) is 7.51. The van der Waals surface area contributed by atoms with Gasteiger partial charge in [-0.25, -0.2) is 0 Å². The molecule has 1 aromatic heterocycles. The molecule has 7 nitrogen and oxygen atoms in total. The molecule has 0 saturated carbocycles. The van der Waals surface area contributed by atoms with Crippen molar-refractivity contribution in [3.8, 4) is 0 Å². The van der Waals surface area contributed by atoms with Crippen molar-refractivity contribution in [2.24, 2.45) is 5.92 Å². The van der Waals surface area contributed by atoms with E-state index >= 15 is 0 Å². The van der Waals surface area contributed by atoms with Crippen LogP contribution in [-0.2, 0) is 24.3 Å². The van der Waals surface area contributed by atoms with Crippen molar-refractivity contribution in [2.75, 3.05) is 13.7 Å². The van der Waals surface area contributed by atoms with Crippen LogP contribution >= 0.6 is 0 Å². The summed E-state index contributed by atoms with van der Waals surface area (Å²) >= 11 is 0. The van der Waals surface area contributed by atoms with Crippen molar-refractivity contribution >= 4 is 11.8 Å². The quantitative estimate of drug-likeness (QED) is 0.766. The van der Waals surface area contributed by atoms with Crippen LogP contribution in [0.3, 0.4) is 0 Å². The van der Waals surface area contributed by atoms with E-state index in [-0.39, 0.29) is 23.8 Å². The highest BCUT2D eigenvalue weighted by Crippen LogP contribution is 2.23. The molecule has 3 rings (SSSR count). The van der Waals surface area contributed by atoms with Gasteiger partial charge < -0.3 is 15.4 Å². The number of amides is 2. The average molecular weight is 384 g/mol. The molecule has 2 amide bonds. The van der Waals surface area contributed by atoms with E-state index in [9.17, 15) is 9.59 Å². The number of hydrogen-bond acceptors (Lipinski definition) is 4. The normalized spacial score (nSPS) is 15.9. The summed E-state index contributed by atoms with van der Waals surface area (Å²) in [5, 5.41) is 10.3. The van der Waals surface area contributed by atoms with Gasteiger partial charge in [-0.1, -0.05) is 12.1 Å². The molecule has 2 aromatic rings. The van der Waals surface area contributed by atoms with Crippen LogP contribution in [0.2, 0.25) is 0 Å². The minimum Gasteiger partial charge on any atom is -0.380 e. The van der Waals surface area contributed by atoms with Gasteiger partial charge in [-0.2, -0.15) is 5.10 Å². The van der Waals surface area contributed by atoms with Crippen molar-refractivity contribution in [3.05, 3.63) is 52.8 Å². The zero-order valence-corrected chi connectivity index (χ0v) is 16.7. The van der Waals surface area contributed by atoms with Crippen LogP contribution < -0.4 is 10.6 Å². The second-order valence-corrected chi connectivity index (χ2v) is 7.56. The number of methoxy groups -OCH3 is 1. The van der Waals surface area contributed by atoms with E-state index < -0.39 is 0 Å². The van der Waals surface area contributed by atoms with Gasteiger partial charge in [-0.15, -0.1) is 0 Å². The molecule has 150 valence electrons. The molecule has 0 spiro atoms. The lowest BCUT2D eigenvalue weighted by Gasteiger charge is -2.24. The maximum atomic E-state index is 12.4. The van der Waals surface area contributed by atoms with Crippen LogP contribution in [0.4, 0.5) is 0 Å². The zero-order valence-electron chi connectivity index (χ0n) is 16.7. The first-order valence-electron chi connectivity index (χ1n) is 9.69. The molecule has 2 heterocycles. The van der Waals surface area contributed by atoms with Crippen LogP contribution in [0.5, 0.6) is 0 Å². The monoisotopic (exact) mass is 384 g/mol. The van der Waals surface area contributed by atoms with Crippen LogP contribution in [0.15, 0.2) is 30.5 Å². The molecule has 0 fully saturated rings. The smallest absolute Gasteiger partial charge is 0.254 e. The van der Waals surface area contributed by atoms with Gasteiger partial charge in [0, 0.05) is 31.8 Å². The van der Waals surface area contributed by atoms with E-state index in [1.54, 1.807) is 13.3 Å². The van der Waals surface area contributed by atoms with Gasteiger partial charge in [0.2, 0.25) is 0 Å². The van der Waals surface area contributed by atoms with Crippen molar-refractivity contribution < 1.29 is 14.3 Å². The molecule has 1 atom stereocenters. The minimum atomic E-state index is -0.0860. The first kappa shape index (κ1) is 20.1. The summed E-state index contributed by atoms with van der Waals surface area (Å²) in [5.74, 6) is 0.115. The Morgan fingerprint density at radius 1 is 1.25 bits per heavy atom. The second-order valence-electron chi connectivity index (χ2n) is 7.56. The molecular weight excluding hydrogens is 356 g/mol. The Kier molecular flexibility index (Phi) is 6.46. The van der Waals surface area contributed by atoms with E-state index in [0.29, 0.717) is 24.3 Å². The average Bonchev–Trinajstić information content (AvgIpc) is 3.10. The number of ether oxygens (including phenoxy) is 1. The highest BCUT2D eigenvalue weighted by molar-refractivity contribution is 5.95. The number of aromatic nitrogens is 2. The van der Waals surface area contributed by atoms with Crippen LogP contribution in [-0.4, -0.2) is 41.3 Å². The van der Waals surface area contributed by atoms with E-state index in [4.69, 9.17) is 4.74 Å². The van der Waals surface area contributed by atoms with E-state index in [0.717, 1.165) is 30.6 Å². The third-order valence-electron chi connectivity index (χ3n) is 4.92. The number of nitrogens with zero attached hydrogens (tertiary/aromatic N) is 2. The second kappa shape index (κ2) is 9.01. The molecule has 0 unspecified atom stereocenters. The van der Waals surface area contributed by atoms with Gasteiger partial charge >= 0.3 is 0 Å². The Labute approximate surface area is 165 Å². The highest BCUT2D eigenvalue weighted by Gasteiger charge is 2.25. The standard InChI is InChI=1S/C21H28N4O3/c1-14(2)24-21(27)18-12-23-25-9-8-16(10-19(18)25)11-22-20(26)17-6-4-15(5-7-17)13-28-3/h4-7,12,14,16H,8-11,13H2,1-3H3,(H,22,26)(H,24,27)/t16-/m1/s1. The number of hydrogen-bond donors (Lipinski definition) is 2. The number of fused-ring (bicyclic) bond motifs is 1. The van der Waals surface area contributed by atoms with Gasteiger partial charge in [0.25, 0.3) is 11.8 Å². The van der Waals surface area contributed by atoms with Crippen LogP contribution in [0.25, 0.3) is 0 Å². The predicted molar refractivity (Wildman–Crippen MR) is 106 cm³/mol. The molecule has 0 radical (unpaired) electrons. The number of aryl methyl sites for hydroxylation is 1. The highest BCUT2D eigenvalue weighted by atomic mass is 16.5. The molecule has 1 aliphatic heterocycles. The Morgan fingerprint density at radius 2 is 2.00 bits per heavy atom. The lowest BCUT2D eigenvalue weighted by molar-refractivity contribution is 0.0930. The van der Waals surface area contributed by atoms with Gasteiger partial charge in [0.1, 0.15) is 0 Å². The maximum absolute atomic E-state index is 12.4. The fourth-order valence-corrected chi connectivity index (χ4v) is 3.46. The SMILES string of the molecule is COCc1ccc(C(=O)NC[C@@H]2CCn3ncc(C(=O)NC(C)C)c3C2)cc1. The predicted octanol–water partition coefficient (Wildman–Crippen LogP) is 2.16. The molecule has 2 N–H and O–H groups in total. The fraction of sp³-hybridized carbons (Fsp3) is 0.476. The molecule has 0 bridgehead atoms. The maximum Gasteiger partial charge on any atom is 0.254 e. The Bertz CT molecular complexity index is 827. The largest absolute Gasteiger partial charge is 0.380 e. The first-order chi connectivity index (χ1) is 13.5. The first-order valence-corrected chi connectivity index (χ1v) is 9.69. The summed E-state index contributed by atoms with van der Waals surface area (Å²) in [6.45, 7) is 5.75. The van der Waals surface area contributed by atoms with Gasteiger partial charge in [-0.05, 0) is 50.3 Å². The summed E-state index contributed by atoms with van der Waals surface area (Å²) < 4.78 is 6.99. The summed E-state index contributed by atoms with van der Waals surface area (Å²) in [6.07, 6.45) is 3.30. The molecule has 28 heavy (non-hydrogen) atoms. The molecule has 0 saturated heterocycles. The van der Waals surface area contributed by atoms with Crippen LogP contribution in [0.1, 0.15) is 52.2 Å². The number of carbonyl (C=O) groups is 2. The molecule has 7 heteroatoms. The zero-order chi connectivity index (χ0) is 20.1. The Hall–Kier alpha value is -2.67. The molecule has 1 aromatic carbocycles. The van der Waals surface area contributed by atoms with E-state index in [1.807, 2.05) is 42.8 Å². The van der Waals surface area contributed by atoms with Crippen LogP contribution in [0, 0.1) is 5.92 Å². The Morgan fingerprint density at radius 3 is 2.68 bits per heavy atom. The number of nitrogens with one attached hydrogen (secondary N) is 2. The van der Waals surface area contributed by atoms with Gasteiger partial charge in [0.15, 0.2) is 0 Å². The van der Waals surface area contributed by atoms with Crippen molar-refractivity contribution in [1.29, 1.82) is 0 Å². The molecule has 0 aliphatic carbocycles.